The number of imidazole rings is 1. The maximum absolute atomic E-state index is 13.6. The number of aliphatic hydroxyl groups excluding tert-OH is 2. The Kier molecular flexibility index (Phi) is 5.51. The van der Waals surface area contributed by atoms with Crippen LogP contribution in [0.5, 0.6) is 0 Å². The first-order chi connectivity index (χ1) is 14.1. The molecule has 15 heteroatoms. The number of hydrogen-bond donors (Lipinski definition) is 4. The molecule has 30 heavy (non-hydrogen) atoms. The Bertz CT molecular complexity index is 972. The molecule has 2 aliphatic heterocycles. The number of aliphatic hydroxyl groups is 2. The number of fused-ring (bicyclic) bond motifs is 1. The highest BCUT2D eigenvalue weighted by molar-refractivity contribution is 7.51. The maximum atomic E-state index is 13.6. The number of halogens is 2. The highest BCUT2D eigenvalue weighted by atomic mass is 31.2. The molecule has 0 bridgehead atoms. The van der Waals surface area contributed by atoms with Gasteiger partial charge in [0.1, 0.15) is 37.1 Å². The number of alkyl halides is 2. The van der Waals surface area contributed by atoms with Crippen LogP contribution in [0.15, 0.2) is 12.5 Å². The second kappa shape index (κ2) is 7.71. The van der Waals surface area contributed by atoms with Crippen molar-refractivity contribution in [3.8, 4) is 0 Å². The van der Waals surface area contributed by atoms with Crippen LogP contribution in [0.4, 0.5) is 14.6 Å². The van der Waals surface area contributed by atoms with Gasteiger partial charge in [-0.1, -0.05) is 0 Å². The Balaban J connectivity index is 1.55. The van der Waals surface area contributed by atoms with Gasteiger partial charge in [-0.2, -0.15) is 5.10 Å². The van der Waals surface area contributed by atoms with Crippen molar-refractivity contribution < 1.29 is 42.8 Å². The van der Waals surface area contributed by atoms with Crippen LogP contribution in [0.3, 0.4) is 0 Å². The average Bonchev–Trinajstić information content (AvgIpc) is 3.32. The second-order valence-electron chi connectivity index (χ2n) is 7.27. The van der Waals surface area contributed by atoms with E-state index in [4.69, 9.17) is 19.3 Å². The molecular weight excluding hydrogens is 431 g/mol. The smallest absolute Gasteiger partial charge is 0.350 e. The zero-order chi connectivity index (χ0) is 21.7. The first-order valence-electron chi connectivity index (χ1n) is 9.01. The van der Waals surface area contributed by atoms with Crippen LogP contribution < -0.4 is 4.90 Å². The highest BCUT2D eigenvalue weighted by Crippen LogP contribution is 2.37. The van der Waals surface area contributed by atoms with Gasteiger partial charge in [-0.25, -0.2) is 23.3 Å². The zero-order valence-electron chi connectivity index (χ0n) is 15.5. The molecule has 2 saturated heterocycles. The number of anilines is 1. The van der Waals surface area contributed by atoms with Crippen molar-refractivity contribution in [3.05, 3.63) is 18.2 Å². The van der Waals surface area contributed by atoms with Crippen LogP contribution in [-0.4, -0.2) is 89.9 Å². The molecule has 0 radical (unpaired) electrons. The van der Waals surface area contributed by atoms with E-state index < -0.39 is 50.8 Å². The van der Waals surface area contributed by atoms with Gasteiger partial charge in [-0.15, -0.1) is 0 Å². The lowest BCUT2D eigenvalue weighted by Gasteiger charge is -2.18. The van der Waals surface area contributed by atoms with Crippen molar-refractivity contribution in [2.75, 3.05) is 30.9 Å². The fraction of sp³-hybridized carbons (Fsp3) is 0.667. The lowest BCUT2D eigenvalue weighted by Crippen LogP contribution is -2.33. The summed E-state index contributed by atoms with van der Waals surface area (Å²) in [5, 5.41) is 24.7. The summed E-state index contributed by atoms with van der Waals surface area (Å²) in [6.07, 6.45) is -3.58. The maximum Gasteiger partial charge on any atom is 0.350 e. The summed E-state index contributed by atoms with van der Waals surface area (Å²) in [5.74, 6) is -2.62. The largest absolute Gasteiger partial charge is 0.387 e. The number of nitrogens with zero attached hydrogens (tertiary/aromatic N) is 5. The van der Waals surface area contributed by atoms with E-state index in [-0.39, 0.29) is 36.7 Å². The molecule has 0 aliphatic carbocycles. The summed E-state index contributed by atoms with van der Waals surface area (Å²) in [6, 6.07) is 0. The Morgan fingerprint density at radius 3 is 2.73 bits per heavy atom. The molecule has 0 amide bonds. The van der Waals surface area contributed by atoms with Crippen LogP contribution >= 0.6 is 7.60 Å². The van der Waals surface area contributed by atoms with Crippen LogP contribution in [0.1, 0.15) is 18.2 Å². The summed E-state index contributed by atoms with van der Waals surface area (Å²) < 4.78 is 49.8. The van der Waals surface area contributed by atoms with Gasteiger partial charge in [0.05, 0.1) is 25.0 Å². The van der Waals surface area contributed by atoms with Crippen molar-refractivity contribution in [1.82, 2.24) is 19.6 Å². The SMILES string of the molecule is O=P(O)(O)COC[C@H]1O[C@@H](c2cnc3c(N4CCC(F)(F)C4)ncnn23)[C@H](O)[C@@H]1O. The predicted octanol–water partition coefficient (Wildman–Crippen LogP) is -0.717. The molecule has 0 saturated carbocycles. The fourth-order valence-electron chi connectivity index (χ4n) is 3.57. The lowest BCUT2D eigenvalue weighted by atomic mass is 10.1. The molecule has 166 valence electrons. The third kappa shape index (κ3) is 4.17. The Morgan fingerprint density at radius 2 is 2.07 bits per heavy atom. The normalized spacial score (nSPS) is 29.2. The number of hydrogen-bond acceptors (Lipinski definition) is 9. The molecular formula is C15H20F2N5O7P. The van der Waals surface area contributed by atoms with E-state index in [1.807, 2.05) is 0 Å². The molecule has 0 aromatic carbocycles. The van der Waals surface area contributed by atoms with Crippen LogP contribution in [0.2, 0.25) is 0 Å². The second-order valence-corrected chi connectivity index (χ2v) is 8.86. The van der Waals surface area contributed by atoms with Gasteiger partial charge in [0.25, 0.3) is 5.92 Å². The molecule has 2 aliphatic rings. The summed E-state index contributed by atoms with van der Waals surface area (Å²) >= 11 is 0. The standard InChI is InChI=1S/C15H20F2N5O7P/c16-15(17)1-2-21(5-15)13-14-18-3-8(22(14)20-6-19-13)12-11(24)10(23)9(29-12)4-28-7-30(25,26)27/h3,6,9-12,23-24H,1-2,4-5,7H2,(H2,25,26,27)/t9-,10-,11-,12+/m1/s1. The van der Waals surface area contributed by atoms with Crippen molar-refractivity contribution in [2.24, 2.45) is 0 Å². The number of aromatic nitrogens is 4. The van der Waals surface area contributed by atoms with E-state index in [0.29, 0.717) is 0 Å². The van der Waals surface area contributed by atoms with Crippen LogP contribution in [-0.2, 0) is 14.0 Å². The van der Waals surface area contributed by atoms with Gasteiger partial charge in [0, 0.05) is 13.0 Å². The molecule has 4 N–H and O–H groups in total. The first kappa shape index (κ1) is 21.4. The molecule has 2 aromatic heterocycles. The monoisotopic (exact) mass is 451 g/mol. The minimum Gasteiger partial charge on any atom is -0.387 e. The first-order valence-corrected chi connectivity index (χ1v) is 10.8. The molecule has 2 fully saturated rings. The zero-order valence-corrected chi connectivity index (χ0v) is 16.3. The quantitative estimate of drug-likeness (QED) is 0.410. The van der Waals surface area contributed by atoms with Crippen LogP contribution in [0, 0.1) is 0 Å². The third-order valence-corrected chi connectivity index (χ3v) is 5.50. The van der Waals surface area contributed by atoms with Gasteiger partial charge in [0.2, 0.25) is 0 Å². The summed E-state index contributed by atoms with van der Waals surface area (Å²) in [5.41, 5.74) is 0.445. The van der Waals surface area contributed by atoms with Crippen molar-refractivity contribution >= 4 is 19.1 Å². The Labute approximate surface area is 168 Å². The van der Waals surface area contributed by atoms with E-state index in [2.05, 4.69) is 15.1 Å². The molecule has 4 rings (SSSR count). The minimum absolute atomic E-state index is 0.0993. The minimum atomic E-state index is -4.39. The van der Waals surface area contributed by atoms with Crippen molar-refractivity contribution in [1.29, 1.82) is 0 Å². The predicted molar refractivity (Wildman–Crippen MR) is 95.0 cm³/mol. The third-order valence-electron chi connectivity index (χ3n) is 4.98. The molecule has 12 nitrogen and oxygen atoms in total. The topological polar surface area (TPSA) is 163 Å². The van der Waals surface area contributed by atoms with E-state index in [9.17, 15) is 23.6 Å². The van der Waals surface area contributed by atoms with Gasteiger partial charge < -0.3 is 34.4 Å². The molecule has 4 atom stereocenters. The highest BCUT2D eigenvalue weighted by Gasteiger charge is 2.45. The summed E-state index contributed by atoms with van der Waals surface area (Å²) in [4.78, 5) is 27.3. The van der Waals surface area contributed by atoms with Gasteiger partial charge in [0.15, 0.2) is 11.5 Å². The van der Waals surface area contributed by atoms with Crippen LogP contribution in [0.25, 0.3) is 5.65 Å². The van der Waals surface area contributed by atoms with Gasteiger partial charge in [-0.3, -0.25) is 4.57 Å². The average molecular weight is 451 g/mol. The summed E-state index contributed by atoms with van der Waals surface area (Å²) in [7, 11) is -4.39. The fourth-order valence-corrected chi connectivity index (χ4v) is 3.92. The van der Waals surface area contributed by atoms with Gasteiger partial charge >= 0.3 is 7.60 Å². The Hall–Kier alpha value is -1.80. The summed E-state index contributed by atoms with van der Waals surface area (Å²) in [6.45, 7) is -0.760. The van der Waals surface area contributed by atoms with Crippen molar-refractivity contribution in [3.63, 3.8) is 0 Å². The van der Waals surface area contributed by atoms with Gasteiger partial charge in [-0.05, 0) is 0 Å². The van der Waals surface area contributed by atoms with E-state index in [0.717, 1.165) is 0 Å². The molecule has 0 spiro atoms. The molecule has 2 aromatic rings. The van der Waals surface area contributed by atoms with E-state index in [1.54, 1.807) is 0 Å². The number of ether oxygens (including phenoxy) is 2. The van der Waals surface area contributed by atoms with E-state index in [1.165, 1.54) is 21.9 Å². The Morgan fingerprint density at radius 1 is 1.30 bits per heavy atom. The molecule has 4 heterocycles. The molecule has 0 unspecified atom stereocenters. The lowest BCUT2D eigenvalue weighted by molar-refractivity contribution is -0.0402. The van der Waals surface area contributed by atoms with Crippen molar-refractivity contribution in [2.45, 2.75) is 36.8 Å². The number of rotatable bonds is 6. The van der Waals surface area contributed by atoms with E-state index >= 15 is 0 Å².